The molecule has 0 aromatic rings. The zero-order valence-corrected chi connectivity index (χ0v) is 9.03. The molecule has 0 radical (unpaired) electrons. The summed E-state index contributed by atoms with van der Waals surface area (Å²) in [5, 5.41) is 0. The van der Waals surface area contributed by atoms with Gasteiger partial charge in [-0.25, -0.2) is 4.79 Å². The topological polar surface area (TPSA) is 69.7 Å². The first-order chi connectivity index (χ1) is 6.82. The Labute approximate surface area is 88.0 Å². The number of Topliss-reactive ketones (excluding diaryl/α,β-unsaturated/α-hetero) is 1. The molecule has 1 unspecified atom stereocenters. The van der Waals surface area contributed by atoms with Crippen molar-refractivity contribution in [3.05, 3.63) is 12.2 Å². The van der Waals surface area contributed by atoms with Crippen molar-refractivity contribution in [2.75, 3.05) is 0 Å². The highest BCUT2D eigenvalue weighted by atomic mass is 16.7. The van der Waals surface area contributed by atoms with Crippen LogP contribution in [0.15, 0.2) is 12.2 Å². The summed E-state index contributed by atoms with van der Waals surface area (Å²) in [6.45, 7) is 7.50. The van der Waals surface area contributed by atoms with E-state index in [-0.39, 0.29) is 17.8 Å². The lowest BCUT2D eigenvalue weighted by Crippen LogP contribution is -2.22. The van der Waals surface area contributed by atoms with Gasteiger partial charge in [0.2, 0.25) is 6.29 Å². The van der Waals surface area contributed by atoms with E-state index in [2.05, 4.69) is 16.1 Å². The van der Waals surface area contributed by atoms with Crippen molar-refractivity contribution in [2.24, 2.45) is 0 Å². The highest BCUT2D eigenvalue weighted by Crippen LogP contribution is 2.01. The molecule has 0 saturated carbocycles. The van der Waals surface area contributed by atoms with Gasteiger partial charge in [-0.3, -0.25) is 9.59 Å². The van der Waals surface area contributed by atoms with Gasteiger partial charge in [0.25, 0.3) is 0 Å². The quantitative estimate of drug-likeness (QED) is 0.295. The van der Waals surface area contributed by atoms with Crippen molar-refractivity contribution in [1.82, 2.24) is 0 Å². The molecule has 0 spiro atoms. The fourth-order valence-corrected chi connectivity index (χ4v) is 0.705. The van der Waals surface area contributed by atoms with Crippen LogP contribution in [-0.2, 0) is 23.9 Å². The molecule has 0 rings (SSSR count). The van der Waals surface area contributed by atoms with E-state index in [1.807, 2.05) is 0 Å². The molecule has 5 heteroatoms. The van der Waals surface area contributed by atoms with Gasteiger partial charge in [0.05, 0.1) is 0 Å². The summed E-state index contributed by atoms with van der Waals surface area (Å²) >= 11 is 0. The number of rotatable bonds is 5. The summed E-state index contributed by atoms with van der Waals surface area (Å²) in [4.78, 5) is 32.5. The summed E-state index contributed by atoms with van der Waals surface area (Å²) in [6, 6.07) is 0. The molecule has 0 bridgehead atoms. The first-order valence-electron chi connectivity index (χ1n) is 4.38. The van der Waals surface area contributed by atoms with E-state index in [0.29, 0.717) is 0 Å². The number of carbonyl (C=O) groups excluding carboxylic acids is 3. The van der Waals surface area contributed by atoms with Crippen LogP contribution in [0, 0.1) is 0 Å². The number of ketones is 1. The van der Waals surface area contributed by atoms with Crippen molar-refractivity contribution in [1.29, 1.82) is 0 Å². The minimum Gasteiger partial charge on any atom is -0.425 e. The lowest BCUT2D eigenvalue weighted by atomic mass is 10.3. The van der Waals surface area contributed by atoms with Crippen LogP contribution in [0.4, 0.5) is 0 Å². The van der Waals surface area contributed by atoms with E-state index >= 15 is 0 Å². The molecule has 0 amide bonds. The molecule has 0 heterocycles. The summed E-state index contributed by atoms with van der Waals surface area (Å²) in [7, 11) is 0. The maximum atomic E-state index is 11.0. The van der Waals surface area contributed by atoms with Crippen LogP contribution in [0.2, 0.25) is 0 Å². The molecule has 0 aliphatic heterocycles. The fraction of sp³-hybridized carbons (Fsp3) is 0.500. The molecule has 0 saturated heterocycles. The van der Waals surface area contributed by atoms with Crippen LogP contribution in [0.1, 0.15) is 27.2 Å². The largest absolute Gasteiger partial charge is 0.425 e. The number of esters is 2. The number of carbonyl (C=O) groups is 3. The average Bonchev–Trinajstić information content (AvgIpc) is 2.00. The summed E-state index contributed by atoms with van der Waals surface area (Å²) < 4.78 is 9.31. The average molecular weight is 214 g/mol. The standard InChI is InChI=1S/C10H14O5/c1-6(2)10(13)15-8(4)14-9(12)5-7(3)11/h8H,1,5H2,2-4H3. The molecule has 5 nitrogen and oxygen atoms in total. The molecule has 0 aromatic heterocycles. The Morgan fingerprint density at radius 3 is 2.13 bits per heavy atom. The van der Waals surface area contributed by atoms with Gasteiger partial charge in [0, 0.05) is 12.5 Å². The molecular weight excluding hydrogens is 200 g/mol. The monoisotopic (exact) mass is 214 g/mol. The predicted octanol–water partition coefficient (Wildman–Crippen LogP) is 0.974. The highest BCUT2D eigenvalue weighted by Gasteiger charge is 2.15. The summed E-state index contributed by atoms with van der Waals surface area (Å²) in [5.41, 5.74) is 0.212. The molecule has 1 atom stereocenters. The van der Waals surface area contributed by atoms with Crippen LogP contribution in [0.5, 0.6) is 0 Å². The summed E-state index contributed by atoms with van der Waals surface area (Å²) in [6.07, 6.45) is -1.34. The van der Waals surface area contributed by atoms with Gasteiger partial charge in [0.15, 0.2) is 0 Å². The van der Waals surface area contributed by atoms with E-state index < -0.39 is 18.2 Å². The third kappa shape index (κ3) is 6.42. The van der Waals surface area contributed by atoms with E-state index in [9.17, 15) is 14.4 Å². The van der Waals surface area contributed by atoms with E-state index in [1.165, 1.54) is 20.8 Å². The van der Waals surface area contributed by atoms with Gasteiger partial charge in [-0.2, -0.15) is 0 Å². The van der Waals surface area contributed by atoms with Gasteiger partial charge in [-0.05, 0) is 13.8 Å². The molecule has 0 N–H and O–H groups in total. The molecular formula is C10H14O5. The predicted molar refractivity (Wildman–Crippen MR) is 51.8 cm³/mol. The Balaban J connectivity index is 3.98. The van der Waals surface area contributed by atoms with Crippen LogP contribution < -0.4 is 0 Å². The number of hydrogen-bond acceptors (Lipinski definition) is 5. The van der Waals surface area contributed by atoms with Crippen LogP contribution in [0.3, 0.4) is 0 Å². The highest BCUT2D eigenvalue weighted by molar-refractivity contribution is 5.94. The Kier molecular flexibility index (Phi) is 5.30. The van der Waals surface area contributed by atoms with Crippen molar-refractivity contribution >= 4 is 17.7 Å². The third-order valence-corrected chi connectivity index (χ3v) is 1.31. The number of hydrogen-bond donors (Lipinski definition) is 0. The SMILES string of the molecule is C=C(C)C(=O)OC(C)OC(=O)CC(C)=O. The van der Waals surface area contributed by atoms with Crippen molar-refractivity contribution in [2.45, 2.75) is 33.5 Å². The molecule has 0 aliphatic rings. The van der Waals surface area contributed by atoms with Gasteiger partial charge in [-0.1, -0.05) is 6.58 Å². The molecule has 0 fully saturated rings. The zero-order valence-electron chi connectivity index (χ0n) is 9.03. The minimum absolute atomic E-state index is 0.212. The van der Waals surface area contributed by atoms with Gasteiger partial charge in [-0.15, -0.1) is 0 Å². The second-order valence-corrected chi connectivity index (χ2v) is 3.12. The van der Waals surface area contributed by atoms with E-state index in [0.717, 1.165) is 0 Å². The Morgan fingerprint density at radius 1 is 1.20 bits per heavy atom. The van der Waals surface area contributed by atoms with Crippen molar-refractivity contribution in [3.63, 3.8) is 0 Å². The maximum absolute atomic E-state index is 11.0. The van der Waals surface area contributed by atoms with Crippen LogP contribution in [-0.4, -0.2) is 24.0 Å². The van der Waals surface area contributed by atoms with Gasteiger partial charge >= 0.3 is 11.9 Å². The van der Waals surface area contributed by atoms with Gasteiger partial charge < -0.3 is 9.47 Å². The maximum Gasteiger partial charge on any atom is 0.336 e. The second-order valence-electron chi connectivity index (χ2n) is 3.12. The zero-order chi connectivity index (χ0) is 12.0. The van der Waals surface area contributed by atoms with Crippen molar-refractivity contribution in [3.8, 4) is 0 Å². The third-order valence-electron chi connectivity index (χ3n) is 1.31. The summed E-state index contributed by atoms with van der Waals surface area (Å²) in [5.74, 6) is -1.67. The minimum atomic E-state index is -1.01. The smallest absolute Gasteiger partial charge is 0.336 e. The van der Waals surface area contributed by atoms with E-state index in [1.54, 1.807) is 0 Å². The molecule has 84 valence electrons. The fourth-order valence-electron chi connectivity index (χ4n) is 0.705. The van der Waals surface area contributed by atoms with Crippen molar-refractivity contribution < 1.29 is 23.9 Å². The number of ether oxygens (including phenoxy) is 2. The van der Waals surface area contributed by atoms with E-state index in [4.69, 9.17) is 0 Å². The van der Waals surface area contributed by atoms with Gasteiger partial charge in [0.1, 0.15) is 12.2 Å². The normalized spacial score (nSPS) is 11.4. The Hall–Kier alpha value is -1.65. The molecule has 0 aromatic carbocycles. The second kappa shape index (κ2) is 5.95. The Morgan fingerprint density at radius 2 is 1.73 bits per heavy atom. The Bertz CT molecular complexity index is 292. The molecule has 0 aliphatic carbocycles. The van der Waals surface area contributed by atoms with Crippen LogP contribution in [0.25, 0.3) is 0 Å². The molecule has 15 heavy (non-hydrogen) atoms. The first kappa shape index (κ1) is 13.4. The lowest BCUT2D eigenvalue weighted by molar-refractivity contribution is -0.181. The lowest BCUT2D eigenvalue weighted by Gasteiger charge is -2.13. The first-order valence-corrected chi connectivity index (χ1v) is 4.38. The van der Waals surface area contributed by atoms with Crippen LogP contribution >= 0.6 is 0 Å².